The number of sulfonamides is 1. The Labute approximate surface area is 157 Å². The highest BCUT2D eigenvalue weighted by Gasteiger charge is 2.17. The molecule has 0 aliphatic carbocycles. The minimum atomic E-state index is -3.92. The molecule has 0 atom stereocenters. The van der Waals surface area contributed by atoms with E-state index in [4.69, 9.17) is 14.2 Å². The smallest absolute Gasteiger partial charge is 0.344 e. The Balaban J connectivity index is 2.13. The first kappa shape index (κ1) is 20.2. The lowest BCUT2D eigenvalue weighted by atomic mass is 10.2. The van der Waals surface area contributed by atoms with Gasteiger partial charge in [-0.1, -0.05) is 0 Å². The van der Waals surface area contributed by atoms with Gasteiger partial charge in [-0.05, 0) is 49.4 Å². The van der Waals surface area contributed by atoms with Gasteiger partial charge in [0.05, 0.1) is 24.3 Å². The summed E-state index contributed by atoms with van der Waals surface area (Å²) in [6, 6.07) is 9.90. The number of methoxy groups -OCH3 is 1. The van der Waals surface area contributed by atoms with E-state index in [-0.39, 0.29) is 29.4 Å². The number of carbonyl (C=O) groups is 2. The summed E-state index contributed by atoms with van der Waals surface area (Å²) in [5, 5.41) is 0. The summed E-state index contributed by atoms with van der Waals surface area (Å²) in [5.74, 6) is 0.236. The van der Waals surface area contributed by atoms with Crippen molar-refractivity contribution in [1.82, 2.24) is 0 Å². The van der Waals surface area contributed by atoms with Crippen molar-refractivity contribution in [2.75, 3.05) is 25.0 Å². The van der Waals surface area contributed by atoms with Crippen LogP contribution >= 0.6 is 0 Å². The van der Waals surface area contributed by atoms with Crippen LogP contribution in [0.2, 0.25) is 0 Å². The zero-order valence-electron chi connectivity index (χ0n) is 14.8. The molecule has 0 radical (unpaired) electrons. The average Bonchev–Trinajstić information content (AvgIpc) is 2.67. The summed E-state index contributed by atoms with van der Waals surface area (Å²) in [5.41, 5.74) is 0.278. The summed E-state index contributed by atoms with van der Waals surface area (Å²) in [6.45, 7) is 1.66. The molecule has 8 nitrogen and oxygen atoms in total. The Bertz CT molecular complexity index is 908. The van der Waals surface area contributed by atoms with Crippen LogP contribution in [0.5, 0.6) is 11.5 Å². The molecule has 0 aromatic heterocycles. The Morgan fingerprint density at radius 1 is 1.11 bits per heavy atom. The third-order valence-corrected chi connectivity index (χ3v) is 4.81. The normalized spacial score (nSPS) is 10.7. The quantitative estimate of drug-likeness (QED) is 0.514. The van der Waals surface area contributed by atoms with Crippen molar-refractivity contribution in [3.05, 3.63) is 48.0 Å². The number of anilines is 1. The standard InChI is InChI=1S/C18H19NO7S/c1-3-25-18(21)12-26-14-4-7-16(8-5-14)27(22,23)19-17-9-6-15(24-2)10-13(17)11-20/h4-11,19H,3,12H2,1-2H3. The number of aldehydes is 1. The maximum atomic E-state index is 12.5. The van der Waals surface area contributed by atoms with Crippen molar-refractivity contribution >= 4 is 28.0 Å². The van der Waals surface area contributed by atoms with Crippen LogP contribution in [0.25, 0.3) is 0 Å². The molecule has 0 unspecified atom stereocenters. The minimum absolute atomic E-state index is 0.0290. The zero-order valence-corrected chi connectivity index (χ0v) is 15.6. The van der Waals surface area contributed by atoms with Crippen LogP contribution in [0.15, 0.2) is 47.4 Å². The molecule has 27 heavy (non-hydrogen) atoms. The van der Waals surface area contributed by atoms with E-state index in [2.05, 4.69) is 4.72 Å². The fourth-order valence-corrected chi connectivity index (χ4v) is 3.21. The molecule has 0 fully saturated rings. The van der Waals surface area contributed by atoms with Crippen molar-refractivity contribution in [2.45, 2.75) is 11.8 Å². The second-order valence-corrected chi connectivity index (χ2v) is 6.92. The topological polar surface area (TPSA) is 108 Å². The van der Waals surface area contributed by atoms with E-state index in [0.717, 1.165) is 0 Å². The van der Waals surface area contributed by atoms with Gasteiger partial charge >= 0.3 is 5.97 Å². The van der Waals surface area contributed by atoms with Crippen molar-refractivity contribution in [3.8, 4) is 11.5 Å². The number of benzene rings is 2. The largest absolute Gasteiger partial charge is 0.497 e. The van der Waals surface area contributed by atoms with Crippen LogP contribution in [-0.4, -0.2) is 41.0 Å². The molecule has 0 amide bonds. The predicted octanol–water partition coefficient (Wildman–Crippen LogP) is 2.25. The molecule has 2 aromatic carbocycles. The molecule has 0 spiro atoms. The van der Waals surface area contributed by atoms with Crippen LogP contribution in [-0.2, 0) is 19.6 Å². The van der Waals surface area contributed by atoms with Crippen LogP contribution in [0, 0.1) is 0 Å². The van der Waals surface area contributed by atoms with E-state index in [1.165, 1.54) is 49.6 Å². The number of nitrogens with one attached hydrogen (secondary N) is 1. The van der Waals surface area contributed by atoms with E-state index in [1.807, 2.05) is 0 Å². The van der Waals surface area contributed by atoms with Gasteiger partial charge in [-0.3, -0.25) is 9.52 Å². The monoisotopic (exact) mass is 393 g/mol. The van der Waals surface area contributed by atoms with Gasteiger partial charge < -0.3 is 14.2 Å². The molecule has 144 valence electrons. The van der Waals surface area contributed by atoms with Crippen molar-refractivity contribution < 1.29 is 32.2 Å². The molecule has 9 heteroatoms. The number of esters is 1. The molecule has 0 aliphatic heterocycles. The molecule has 0 aliphatic rings. The Kier molecular flexibility index (Phi) is 6.78. The van der Waals surface area contributed by atoms with E-state index < -0.39 is 16.0 Å². The third-order valence-electron chi connectivity index (χ3n) is 3.43. The van der Waals surface area contributed by atoms with Gasteiger partial charge in [-0.2, -0.15) is 0 Å². The third kappa shape index (κ3) is 5.45. The molecule has 0 bridgehead atoms. The number of rotatable bonds is 9. The molecule has 0 saturated heterocycles. The van der Waals surface area contributed by atoms with Crippen molar-refractivity contribution in [3.63, 3.8) is 0 Å². The highest BCUT2D eigenvalue weighted by molar-refractivity contribution is 7.92. The van der Waals surface area contributed by atoms with Gasteiger partial charge in [-0.25, -0.2) is 13.2 Å². The van der Waals surface area contributed by atoms with Gasteiger partial charge in [-0.15, -0.1) is 0 Å². The Hall–Kier alpha value is -3.07. The fourth-order valence-electron chi connectivity index (χ4n) is 2.12. The molecule has 2 aromatic rings. The van der Waals surface area contributed by atoms with Crippen LogP contribution in [0.3, 0.4) is 0 Å². The van der Waals surface area contributed by atoms with Crippen LogP contribution in [0.4, 0.5) is 5.69 Å². The lowest BCUT2D eigenvalue weighted by Crippen LogP contribution is -2.15. The first-order valence-corrected chi connectivity index (χ1v) is 9.42. The first-order valence-electron chi connectivity index (χ1n) is 7.94. The lowest BCUT2D eigenvalue weighted by molar-refractivity contribution is -0.145. The van der Waals surface area contributed by atoms with Gasteiger partial charge in [0.2, 0.25) is 0 Å². The van der Waals surface area contributed by atoms with E-state index >= 15 is 0 Å². The number of hydrogen-bond donors (Lipinski definition) is 1. The maximum Gasteiger partial charge on any atom is 0.344 e. The number of carbonyl (C=O) groups excluding carboxylic acids is 2. The predicted molar refractivity (Wildman–Crippen MR) is 97.8 cm³/mol. The first-order chi connectivity index (χ1) is 12.9. The molecular formula is C18H19NO7S. The second-order valence-electron chi connectivity index (χ2n) is 5.24. The highest BCUT2D eigenvalue weighted by Crippen LogP contribution is 2.24. The number of hydrogen-bond acceptors (Lipinski definition) is 7. The second kappa shape index (κ2) is 9.04. The molecule has 0 saturated carbocycles. The summed E-state index contributed by atoms with van der Waals surface area (Å²) < 4.78 is 42.4. The summed E-state index contributed by atoms with van der Waals surface area (Å²) in [4.78, 5) is 22.4. The minimum Gasteiger partial charge on any atom is -0.497 e. The van der Waals surface area contributed by atoms with Crippen molar-refractivity contribution in [2.24, 2.45) is 0 Å². The maximum absolute atomic E-state index is 12.5. The van der Waals surface area contributed by atoms with Crippen LogP contribution in [0.1, 0.15) is 17.3 Å². The van der Waals surface area contributed by atoms with E-state index in [9.17, 15) is 18.0 Å². The molecule has 2 rings (SSSR count). The van der Waals surface area contributed by atoms with Gasteiger partial charge in [0.15, 0.2) is 12.9 Å². The SMILES string of the molecule is CCOC(=O)COc1ccc(S(=O)(=O)Nc2ccc(OC)cc2C=O)cc1. The summed E-state index contributed by atoms with van der Waals surface area (Å²) >= 11 is 0. The lowest BCUT2D eigenvalue weighted by Gasteiger charge is -2.12. The summed E-state index contributed by atoms with van der Waals surface area (Å²) in [7, 11) is -2.48. The summed E-state index contributed by atoms with van der Waals surface area (Å²) in [6.07, 6.45) is 0.534. The van der Waals surface area contributed by atoms with Gasteiger partial charge in [0, 0.05) is 5.56 Å². The molecular weight excluding hydrogens is 374 g/mol. The van der Waals surface area contributed by atoms with E-state index in [0.29, 0.717) is 17.8 Å². The highest BCUT2D eigenvalue weighted by atomic mass is 32.2. The van der Waals surface area contributed by atoms with E-state index in [1.54, 1.807) is 6.92 Å². The Morgan fingerprint density at radius 3 is 2.37 bits per heavy atom. The zero-order chi connectivity index (χ0) is 19.9. The average molecular weight is 393 g/mol. The van der Waals surface area contributed by atoms with Crippen LogP contribution < -0.4 is 14.2 Å². The Morgan fingerprint density at radius 2 is 1.78 bits per heavy atom. The van der Waals surface area contributed by atoms with Gasteiger partial charge in [0.1, 0.15) is 11.5 Å². The van der Waals surface area contributed by atoms with Gasteiger partial charge in [0.25, 0.3) is 10.0 Å². The fraction of sp³-hybridized carbons (Fsp3) is 0.222. The molecule has 1 N–H and O–H groups in total. The molecule has 0 heterocycles. The number of ether oxygens (including phenoxy) is 3. The van der Waals surface area contributed by atoms with Crippen molar-refractivity contribution in [1.29, 1.82) is 0 Å².